The highest BCUT2D eigenvalue weighted by atomic mass is 31.1. The minimum atomic E-state index is -1.03. The highest BCUT2D eigenvalue weighted by molar-refractivity contribution is 7.81. The molecule has 4 heteroatoms. The van der Waals surface area contributed by atoms with Gasteiger partial charge in [0.15, 0.2) is 0 Å². The minimum Gasteiger partial charge on any atom is -0.496 e. The van der Waals surface area contributed by atoms with Gasteiger partial charge in [0.2, 0.25) is 0 Å². The average molecular weight is 693 g/mol. The van der Waals surface area contributed by atoms with Crippen LogP contribution in [0.1, 0.15) is 44.6 Å². The van der Waals surface area contributed by atoms with Crippen molar-refractivity contribution in [3.05, 3.63) is 164 Å². The lowest BCUT2D eigenvalue weighted by molar-refractivity contribution is 0.411. The summed E-state index contributed by atoms with van der Waals surface area (Å²) in [7, 11) is 1.59. The Kier molecular flexibility index (Phi) is 12.3. The number of hydrogen-bond acceptors (Lipinski definition) is 2. The smallest absolute Gasteiger partial charge is 0.127 e. The summed E-state index contributed by atoms with van der Waals surface area (Å²) in [5, 5.41) is 7.64. The summed E-state index contributed by atoms with van der Waals surface area (Å²) in [6.45, 7) is 6.93. The molecule has 50 heavy (non-hydrogen) atoms. The van der Waals surface area contributed by atoms with E-state index in [1.165, 1.54) is 62.2 Å². The maximum Gasteiger partial charge on any atom is 0.127 e. The average Bonchev–Trinajstić information content (AvgIpc) is 3.18. The highest BCUT2D eigenvalue weighted by Gasteiger charge is 2.30. The number of unbranched alkanes of at least 4 members (excludes halogenated alkanes) is 3. The zero-order valence-corrected chi connectivity index (χ0v) is 31.2. The molecule has 2 nitrogen and oxygen atoms in total. The Labute approximate surface area is 301 Å². The van der Waals surface area contributed by atoms with Gasteiger partial charge in [-0.3, -0.25) is 0 Å². The third kappa shape index (κ3) is 7.79. The maximum absolute atomic E-state index is 6.31. The van der Waals surface area contributed by atoms with Crippen molar-refractivity contribution >= 4 is 53.2 Å². The molecule has 0 radical (unpaired) electrons. The van der Waals surface area contributed by atoms with Crippen molar-refractivity contribution in [3.63, 3.8) is 0 Å². The summed E-state index contributed by atoms with van der Waals surface area (Å²) < 4.78 is 12.6. The molecule has 0 spiro atoms. The quantitative estimate of drug-likeness (QED) is 0.0788. The molecule has 0 aliphatic heterocycles. The van der Waals surface area contributed by atoms with Crippen molar-refractivity contribution in [3.8, 4) is 22.6 Å². The lowest BCUT2D eigenvalue weighted by atomic mass is 10.0. The van der Waals surface area contributed by atoms with Gasteiger partial charge in [-0.15, -0.1) is 0 Å². The summed E-state index contributed by atoms with van der Waals surface area (Å²) >= 11 is 0. The monoisotopic (exact) mass is 692 g/mol. The molecular formula is C46H46O2P2. The van der Waals surface area contributed by atoms with Gasteiger partial charge < -0.3 is 9.47 Å². The largest absolute Gasteiger partial charge is 0.496 e. The van der Waals surface area contributed by atoms with Gasteiger partial charge in [0.1, 0.15) is 11.5 Å². The van der Waals surface area contributed by atoms with E-state index < -0.39 is 15.8 Å². The van der Waals surface area contributed by atoms with Gasteiger partial charge in [-0.1, -0.05) is 172 Å². The molecule has 0 aromatic heterocycles. The van der Waals surface area contributed by atoms with Gasteiger partial charge >= 0.3 is 0 Å². The molecule has 0 fully saturated rings. The molecule has 0 aliphatic rings. The first-order valence-electron chi connectivity index (χ1n) is 17.5. The molecule has 0 N–H and O–H groups in total. The summed E-state index contributed by atoms with van der Waals surface area (Å²) in [5.74, 6) is 1.67. The first-order valence-corrected chi connectivity index (χ1v) is 20.2. The van der Waals surface area contributed by atoms with Crippen LogP contribution in [0.3, 0.4) is 0 Å². The Hall–Kier alpha value is -4.48. The minimum absolute atomic E-state index is 0.837. The predicted molar refractivity (Wildman–Crippen MR) is 220 cm³/mol. The summed E-state index contributed by atoms with van der Waals surface area (Å²) in [5.41, 5.74) is 4.63. The van der Waals surface area contributed by atoms with E-state index in [1.807, 2.05) is 0 Å². The molecule has 6 aromatic carbocycles. The van der Waals surface area contributed by atoms with Crippen molar-refractivity contribution in [2.75, 3.05) is 14.2 Å². The number of rotatable bonds is 15. The number of benzene rings is 6. The van der Waals surface area contributed by atoms with E-state index in [2.05, 4.69) is 165 Å². The Morgan fingerprint density at radius 2 is 0.920 bits per heavy atom. The normalized spacial score (nSPS) is 11.7. The van der Waals surface area contributed by atoms with Crippen molar-refractivity contribution in [1.82, 2.24) is 0 Å². The van der Waals surface area contributed by atoms with Crippen LogP contribution in [0.2, 0.25) is 0 Å². The topological polar surface area (TPSA) is 18.5 Å². The maximum atomic E-state index is 6.31. The van der Waals surface area contributed by atoms with Crippen LogP contribution < -0.4 is 41.3 Å². The summed E-state index contributed by atoms with van der Waals surface area (Å²) in [6, 6.07) is 54.7. The molecule has 6 aromatic rings. The van der Waals surface area contributed by atoms with Crippen LogP contribution >= 0.6 is 15.8 Å². The molecule has 252 valence electrons. The fourth-order valence-electron chi connectivity index (χ4n) is 6.69. The number of hydrogen-bond donors (Lipinski definition) is 0. The van der Waals surface area contributed by atoms with Crippen LogP contribution in [0.4, 0.5) is 0 Å². The third-order valence-electron chi connectivity index (χ3n) is 9.08. The molecular weight excluding hydrogens is 646 g/mol. The van der Waals surface area contributed by atoms with Crippen LogP contribution in [0.25, 0.3) is 16.7 Å². The molecule has 0 heterocycles. The first-order chi connectivity index (χ1) is 24.7. The highest BCUT2D eigenvalue weighted by Crippen LogP contribution is 2.47. The second kappa shape index (κ2) is 17.4. The van der Waals surface area contributed by atoms with E-state index in [1.54, 1.807) is 14.2 Å². The fraction of sp³-hybridized carbons (Fsp3) is 0.174. The number of ether oxygens (including phenoxy) is 2. The molecule has 6 rings (SSSR count). The SMILES string of the molecule is C=C(CCCCCC)c1ccccc1P(c1ccccc1)c1cccc(OC)c1-c1c(OC)cccc1P(c1ccccc1)c1ccccc1. The summed E-state index contributed by atoms with van der Waals surface area (Å²) in [6.07, 6.45) is 5.86. The zero-order chi connectivity index (χ0) is 34.7. The van der Waals surface area contributed by atoms with Gasteiger partial charge in [0.05, 0.1) is 14.2 Å². The molecule has 1 unspecified atom stereocenters. The van der Waals surface area contributed by atoms with Crippen LogP contribution in [0.5, 0.6) is 11.5 Å². The summed E-state index contributed by atoms with van der Waals surface area (Å²) in [4.78, 5) is 0. The standard InChI is InChI=1S/C46H46O2P2/c1-5-6-7-11-22-35(2)39-29-18-19-32-42(39)50(38-27-16-10-17-28-38)44-34-21-31-41(48-4)46(44)45-40(47-3)30-20-33-43(45)49(36-23-12-8-13-24-36)37-25-14-9-15-26-37/h8-10,12-21,23-34H,2,5-7,11,22H2,1,3-4H3. The van der Waals surface area contributed by atoms with Gasteiger partial charge in [0.25, 0.3) is 0 Å². The van der Waals surface area contributed by atoms with E-state index in [0.29, 0.717) is 0 Å². The van der Waals surface area contributed by atoms with Crippen molar-refractivity contribution in [1.29, 1.82) is 0 Å². The lowest BCUT2D eigenvalue weighted by Gasteiger charge is -2.29. The van der Waals surface area contributed by atoms with Gasteiger partial charge in [-0.05, 0) is 83.8 Å². The van der Waals surface area contributed by atoms with Gasteiger partial charge in [0, 0.05) is 11.1 Å². The molecule has 0 saturated carbocycles. The zero-order valence-electron chi connectivity index (χ0n) is 29.4. The molecule has 0 saturated heterocycles. The molecule has 0 aliphatic carbocycles. The van der Waals surface area contributed by atoms with E-state index in [-0.39, 0.29) is 0 Å². The molecule has 0 amide bonds. The Morgan fingerprint density at radius 1 is 0.480 bits per heavy atom. The van der Waals surface area contributed by atoms with Crippen molar-refractivity contribution in [2.24, 2.45) is 0 Å². The van der Waals surface area contributed by atoms with E-state index in [4.69, 9.17) is 9.47 Å². The third-order valence-corrected chi connectivity index (χ3v) is 14.1. The molecule has 0 bridgehead atoms. The molecule has 1 atom stereocenters. The van der Waals surface area contributed by atoms with Crippen LogP contribution in [-0.2, 0) is 0 Å². The van der Waals surface area contributed by atoms with Gasteiger partial charge in [-0.25, -0.2) is 0 Å². The van der Waals surface area contributed by atoms with Gasteiger partial charge in [-0.2, -0.15) is 0 Å². The lowest BCUT2D eigenvalue weighted by Crippen LogP contribution is -2.27. The van der Waals surface area contributed by atoms with E-state index in [0.717, 1.165) is 35.5 Å². The van der Waals surface area contributed by atoms with Crippen LogP contribution in [0.15, 0.2) is 158 Å². The number of allylic oxidation sites excluding steroid dienone is 1. The first kappa shape index (κ1) is 35.3. The Bertz CT molecular complexity index is 1950. The van der Waals surface area contributed by atoms with E-state index in [9.17, 15) is 0 Å². The van der Waals surface area contributed by atoms with Crippen LogP contribution in [-0.4, -0.2) is 14.2 Å². The second-order valence-electron chi connectivity index (χ2n) is 12.3. The van der Waals surface area contributed by atoms with Crippen molar-refractivity contribution in [2.45, 2.75) is 39.0 Å². The predicted octanol–water partition coefficient (Wildman–Crippen LogP) is 9.87. The fourth-order valence-corrected chi connectivity index (χ4v) is 11.8. The number of methoxy groups -OCH3 is 2. The van der Waals surface area contributed by atoms with Crippen LogP contribution in [0, 0.1) is 0 Å². The second-order valence-corrected chi connectivity index (χ2v) is 16.7. The van der Waals surface area contributed by atoms with Crippen molar-refractivity contribution < 1.29 is 9.47 Å². The Morgan fingerprint density at radius 3 is 1.42 bits per heavy atom. The van der Waals surface area contributed by atoms with E-state index >= 15 is 0 Å². The Balaban J connectivity index is 1.63.